The van der Waals surface area contributed by atoms with E-state index < -0.39 is 55.4 Å². The smallest absolute Gasteiger partial charge is 0.323 e. The van der Waals surface area contributed by atoms with Crippen molar-refractivity contribution in [2.75, 3.05) is 6.61 Å². The van der Waals surface area contributed by atoms with E-state index in [9.17, 15) is 20.1 Å². The Hall–Kier alpha value is -0.810. The maximum atomic E-state index is 10.7. The highest BCUT2D eigenvalue weighted by Gasteiger charge is 2.45. The van der Waals surface area contributed by atoms with Gasteiger partial charge in [0.05, 0.1) is 12.7 Å². The van der Waals surface area contributed by atoms with Gasteiger partial charge in [0.2, 0.25) is 0 Å². The van der Waals surface area contributed by atoms with Gasteiger partial charge < -0.3 is 40.7 Å². The molecule has 0 aliphatic carbocycles. The van der Waals surface area contributed by atoms with Crippen molar-refractivity contribution >= 4 is 5.97 Å². The zero-order valence-electron chi connectivity index (χ0n) is 10.3. The molecule has 1 fully saturated rings. The second-order valence-corrected chi connectivity index (χ2v) is 4.40. The fraction of sp³-hybridized carbons (Fsp3) is 0.900. The van der Waals surface area contributed by atoms with Gasteiger partial charge in [-0.2, -0.15) is 0 Å². The first-order valence-electron chi connectivity index (χ1n) is 5.74. The Bertz CT molecular complexity index is 312. The van der Waals surface area contributed by atoms with E-state index in [1.807, 2.05) is 0 Å². The van der Waals surface area contributed by atoms with Gasteiger partial charge in [-0.05, 0) is 6.92 Å². The normalized spacial score (nSPS) is 38.7. The number of hydrogen-bond donors (Lipinski definition) is 6. The van der Waals surface area contributed by atoms with Gasteiger partial charge in [-0.15, -0.1) is 0 Å². The van der Waals surface area contributed by atoms with Gasteiger partial charge >= 0.3 is 5.97 Å². The minimum atomic E-state index is -1.58. The predicted molar refractivity (Wildman–Crippen MR) is 59.9 cm³/mol. The van der Waals surface area contributed by atoms with Crippen LogP contribution < -0.4 is 5.73 Å². The highest BCUT2D eigenvalue weighted by Crippen LogP contribution is 2.23. The second kappa shape index (κ2) is 6.57. The van der Waals surface area contributed by atoms with Crippen LogP contribution in [0.1, 0.15) is 6.92 Å². The number of ether oxygens (including phenoxy) is 2. The van der Waals surface area contributed by atoms with Crippen molar-refractivity contribution in [1.29, 1.82) is 0 Å². The highest BCUT2D eigenvalue weighted by molar-refractivity contribution is 5.73. The van der Waals surface area contributed by atoms with Crippen LogP contribution in [0.5, 0.6) is 0 Å². The van der Waals surface area contributed by atoms with E-state index in [1.54, 1.807) is 0 Å². The Morgan fingerprint density at radius 2 is 1.89 bits per heavy atom. The lowest BCUT2D eigenvalue weighted by atomic mass is 9.99. The molecule has 1 rings (SSSR count). The predicted octanol–water partition coefficient (Wildman–Crippen LogP) is -3.40. The maximum Gasteiger partial charge on any atom is 0.323 e. The maximum absolute atomic E-state index is 10.7. The summed E-state index contributed by atoms with van der Waals surface area (Å²) in [6.45, 7) is 0.768. The molecule has 0 aromatic carbocycles. The van der Waals surface area contributed by atoms with Gasteiger partial charge in [-0.3, -0.25) is 4.79 Å². The van der Waals surface area contributed by atoms with E-state index >= 15 is 0 Å². The van der Waals surface area contributed by atoms with Crippen LogP contribution in [0.15, 0.2) is 0 Å². The van der Waals surface area contributed by atoms with E-state index in [2.05, 4.69) is 0 Å². The third kappa shape index (κ3) is 3.60. The Kier molecular flexibility index (Phi) is 5.62. The molecule has 7 N–H and O–H groups in total. The molecule has 1 saturated heterocycles. The summed E-state index contributed by atoms with van der Waals surface area (Å²) < 4.78 is 10.2. The molecule has 0 aromatic rings. The number of rotatable bonds is 5. The minimum absolute atomic E-state index is 0.593. The average molecular weight is 281 g/mol. The number of aliphatic hydroxyl groups is 4. The molecule has 19 heavy (non-hydrogen) atoms. The topological polar surface area (TPSA) is 163 Å². The van der Waals surface area contributed by atoms with Gasteiger partial charge in [-0.1, -0.05) is 0 Å². The molecule has 7 atom stereocenters. The fourth-order valence-electron chi connectivity index (χ4n) is 1.68. The van der Waals surface area contributed by atoms with Crippen molar-refractivity contribution in [2.24, 2.45) is 5.73 Å². The quantitative estimate of drug-likeness (QED) is 0.301. The van der Waals surface area contributed by atoms with Gasteiger partial charge in [-0.25, -0.2) is 0 Å². The van der Waals surface area contributed by atoms with Crippen molar-refractivity contribution in [1.82, 2.24) is 0 Å². The van der Waals surface area contributed by atoms with Crippen molar-refractivity contribution in [3.8, 4) is 0 Å². The van der Waals surface area contributed by atoms with E-state index in [1.165, 1.54) is 6.92 Å². The summed E-state index contributed by atoms with van der Waals surface area (Å²) in [7, 11) is 0. The fourth-order valence-corrected chi connectivity index (χ4v) is 1.68. The first-order valence-corrected chi connectivity index (χ1v) is 5.74. The lowest BCUT2D eigenvalue weighted by Gasteiger charge is -2.40. The summed E-state index contributed by atoms with van der Waals surface area (Å²) in [5.41, 5.74) is 5.33. The van der Waals surface area contributed by atoms with Crippen LogP contribution in [0.2, 0.25) is 0 Å². The summed E-state index contributed by atoms with van der Waals surface area (Å²) in [6.07, 6.45) is -8.17. The van der Waals surface area contributed by atoms with E-state index in [0.29, 0.717) is 0 Å². The van der Waals surface area contributed by atoms with Crippen LogP contribution in [-0.2, 0) is 14.3 Å². The van der Waals surface area contributed by atoms with Crippen LogP contribution in [-0.4, -0.2) is 81.0 Å². The second-order valence-electron chi connectivity index (χ2n) is 4.40. The van der Waals surface area contributed by atoms with Gasteiger partial charge in [0, 0.05) is 0 Å². The first-order chi connectivity index (χ1) is 8.79. The first kappa shape index (κ1) is 16.2. The molecule has 112 valence electrons. The molecule has 2 unspecified atom stereocenters. The van der Waals surface area contributed by atoms with Crippen LogP contribution in [0.3, 0.4) is 0 Å². The third-order valence-corrected chi connectivity index (χ3v) is 2.99. The molecule has 0 amide bonds. The van der Waals surface area contributed by atoms with E-state index in [0.717, 1.165) is 0 Å². The summed E-state index contributed by atoms with van der Waals surface area (Å²) in [6, 6.07) is -1.34. The van der Waals surface area contributed by atoms with Crippen LogP contribution >= 0.6 is 0 Å². The molecule has 0 spiro atoms. The molecule has 0 bridgehead atoms. The molecule has 1 aliphatic rings. The molecule has 0 radical (unpaired) electrons. The molecule has 9 heteroatoms. The summed E-state index contributed by atoms with van der Waals surface area (Å²) in [5, 5.41) is 46.4. The number of carbonyl (C=O) groups is 1. The van der Waals surface area contributed by atoms with Crippen LogP contribution in [0, 0.1) is 0 Å². The molecular weight excluding hydrogens is 262 g/mol. The highest BCUT2D eigenvalue weighted by atomic mass is 16.7. The summed E-state index contributed by atoms with van der Waals surface area (Å²) in [4.78, 5) is 10.7. The lowest BCUT2D eigenvalue weighted by Crippen LogP contribution is -2.60. The standard InChI is InChI=1S/C10H19NO8/c1-3(5(11)9(16)17)18-10-8(15)7(14)6(13)4(2-12)19-10/h3-8,10,12-15H,2,11H2,1H3,(H,16,17)/t3-,4?,5+,6-,7-,8?,10-/m1/s1. The Balaban J connectivity index is 2.69. The third-order valence-electron chi connectivity index (χ3n) is 2.99. The monoisotopic (exact) mass is 281 g/mol. The lowest BCUT2D eigenvalue weighted by molar-refractivity contribution is -0.310. The van der Waals surface area contributed by atoms with Crippen molar-refractivity contribution in [3.63, 3.8) is 0 Å². The van der Waals surface area contributed by atoms with Gasteiger partial charge in [0.25, 0.3) is 0 Å². The Morgan fingerprint density at radius 1 is 1.32 bits per heavy atom. The van der Waals surface area contributed by atoms with Crippen LogP contribution in [0.4, 0.5) is 0 Å². The molecule has 0 aromatic heterocycles. The number of hydrogen-bond acceptors (Lipinski definition) is 8. The number of carboxylic acid groups (broad SMARTS) is 1. The average Bonchev–Trinajstić information content (AvgIpc) is 2.38. The van der Waals surface area contributed by atoms with Crippen molar-refractivity contribution in [2.45, 2.75) is 49.8 Å². The zero-order valence-corrected chi connectivity index (χ0v) is 10.3. The molecule has 0 saturated carbocycles. The van der Waals surface area contributed by atoms with E-state index in [4.69, 9.17) is 25.4 Å². The van der Waals surface area contributed by atoms with Gasteiger partial charge in [0.15, 0.2) is 6.29 Å². The molecule has 1 aliphatic heterocycles. The minimum Gasteiger partial charge on any atom is -0.480 e. The van der Waals surface area contributed by atoms with E-state index in [-0.39, 0.29) is 0 Å². The number of aliphatic carboxylic acids is 1. The SMILES string of the molecule is C[C@@H](O[C@@H]1OC(CO)[C@@H](O)[C@@H](O)C1O)[C@H](N)C(=O)O. The Morgan fingerprint density at radius 3 is 2.37 bits per heavy atom. The largest absolute Gasteiger partial charge is 0.480 e. The molecule has 1 heterocycles. The van der Waals surface area contributed by atoms with Crippen molar-refractivity contribution < 1.29 is 39.8 Å². The van der Waals surface area contributed by atoms with Crippen molar-refractivity contribution in [3.05, 3.63) is 0 Å². The molecular formula is C10H19NO8. The van der Waals surface area contributed by atoms with Gasteiger partial charge in [0.1, 0.15) is 30.5 Å². The number of aliphatic hydroxyl groups excluding tert-OH is 4. The zero-order chi connectivity index (χ0) is 14.7. The number of nitrogens with two attached hydrogens (primary N) is 1. The summed E-state index contributed by atoms with van der Waals surface area (Å²) in [5.74, 6) is -1.29. The Labute approximate surface area is 109 Å². The number of carboxylic acids is 1. The van der Waals surface area contributed by atoms with Crippen LogP contribution in [0.25, 0.3) is 0 Å². The summed E-state index contributed by atoms with van der Waals surface area (Å²) >= 11 is 0. The molecule has 9 nitrogen and oxygen atoms in total.